The Kier molecular flexibility index (Phi) is 4.63. The van der Waals surface area contributed by atoms with Crippen molar-refractivity contribution in [2.45, 2.75) is 38.8 Å². The van der Waals surface area contributed by atoms with Crippen LogP contribution in [0.5, 0.6) is 0 Å². The van der Waals surface area contributed by atoms with Gasteiger partial charge in [-0.25, -0.2) is 4.79 Å². The van der Waals surface area contributed by atoms with Crippen LogP contribution in [0.1, 0.15) is 46.0 Å². The van der Waals surface area contributed by atoms with Crippen molar-refractivity contribution >= 4 is 29.0 Å². The van der Waals surface area contributed by atoms with Gasteiger partial charge in [-0.2, -0.15) is 0 Å². The number of rotatable bonds is 4. The van der Waals surface area contributed by atoms with Gasteiger partial charge < -0.3 is 15.0 Å². The number of amides is 1. The molecule has 1 fully saturated rings. The molecule has 1 saturated heterocycles. The third-order valence-corrected chi connectivity index (χ3v) is 5.34. The van der Waals surface area contributed by atoms with Gasteiger partial charge in [0.2, 0.25) is 11.7 Å². The van der Waals surface area contributed by atoms with E-state index < -0.39 is 12.1 Å². The van der Waals surface area contributed by atoms with E-state index in [1.165, 1.54) is 0 Å². The van der Waals surface area contributed by atoms with Crippen molar-refractivity contribution in [3.05, 3.63) is 59.2 Å². The molecule has 2 heterocycles. The van der Waals surface area contributed by atoms with Gasteiger partial charge >= 0.3 is 5.97 Å². The van der Waals surface area contributed by atoms with E-state index in [9.17, 15) is 14.4 Å². The summed E-state index contributed by atoms with van der Waals surface area (Å²) in [6, 6.07) is 12.1. The molecule has 0 bridgehead atoms. The standard InChI is InChI=1S/C22H22N2O4/c1-13-5-7-15(8-6-13)20(25)14(2)28-22(27)16-9-10-18-17(12-16)23-21(26)19-4-3-11-24(18)19/h5-10,12,14,19H,3-4,11H2,1-2H3,(H,23,26)/t14-,19+/m0/s1. The van der Waals surface area contributed by atoms with Crippen LogP contribution in [0.4, 0.5) is 11.4 Å². The molecule has 4 rings (SSSR count). The molecule has 0 saturated carbocycles. The fourth-order valence-corrected chi connectivity index (χ4v) is 3.79. The highest BCUT2D eigenvalue weighted by atomic mass is 16.5. The zero-order valence-electron chi connectivity index (χ0n) is 15.9. The van der Waals surface area contributed by atoms with Crippen LogP contribution in [0.15, 0.2) is 42.5 Å². The molecule has 0 aliphatic carbocycles. The first kappa shape index (κ1) is 18.2. The number of carbonyl (C=O) groups excluding carboxylic acids is 3. The average Bonchev–Trinajstić information content (AvgIpc) is 3.18. The maximum absolute atomic E-state index is 12.5. The van der Waals surface area contributed by atoms with E-state index in [1.807, 2.05) is 25.1 Å². The van der Waals surface area contributed by atoms with Crippen LogP contribution in [0, 0.1) is 6.92 Å². The van der Waals surface area contributed by atoms with Crippen LogP contribution in [0.3, 0.4) is 0 Å². The second kappa shape index (κ2) is 7.11. The molecule has 2 atom stereocenters. The molecule has 2 aliphatic heterocycles. The fraction of sp³-hybridized carbons (Fsp3) is 0.318. The fourth-order valence-electron chi connectivity index (χ4n) is 3.79. The summed E-state index contributed by atoms with van der Waals surface area (Å²) in [5.41, 5.74) is 3.39. The van der Waals surface area contributed by atoms with Crippen molar-refractivity contribution in [1.29, 1.82) is 0 Å². The monoisotopic (exact) mass is 378 g/mol. The first-order valence-corrected chi connectivity index (χ1v) is 9.47. The molecular weight excluding hydrogens is 356 g/mol. The number of carbonyl (C=O) groups is 3. The molecule has 1 N–H and O–H groups in total. The number of hydrogen-bond acceptors (Lipinski definition) is 5. The van der Waals surface area contributed by atoms with Crippen LogP contribution in [0.2, 0.25) is 0 Å². The average molecular weight is 378 g/mol. The van der Waals surface area contributed by atoms with E-state index in [-0.39, 0.29) is 17.7 Å². The van der Waals surface area contributed by atoms with Crippen LogP contribution < -0.4 is 10.2 Å². The second-order valence-electron chi connectivity index (χ2n) is 7.35. The summed E-state index contributed by atoms with van der Waals surface area (Å²) in [6.07, 6.45) is 0.914. The van der Waals surface area contributed by atoms with Gasteiger partial charge in [-0.3, -0.25) is 9.59 Å². The third-order valence-electron chi connectivity index (χ3n) is 5.34. The van der Waals surface area contributed by atoms with Crippen molar-refractivity contribution in [2.75, 3.05) is 16.8 Å². The van der Waals surface area contributed by atoms with Crippen molar-refractivity contribution in [3.63, 3.8) is 0 Å². The Morgan fingerprint density at radius 2 is 1.86 bits per heavy atom. The van der Waals surface area contributed by atoms with Gasteiger partial charge in [0.15, 0.2) is 6.10 Å². The SMILES string of the molecule is Cc1ccc(C(=O)[C@H](C)OC(=O)c2ccc3c(c2)NC(=O)[C@H]2CCCN32)cc1. The molecular formula is C22H22N2O4. The van der Waals surface area contributed by atoms with Crippen molar-refractivity contribution in [2.24, 2.45) is 0 Å². The second-order valence-corrected chi connectivity index (χ2v) is 7.35. The maximum atomic E-state index is 12.5. The van der Waals surface area contributed by atoms with Gasteiger partial charge in [0.05, 0.1) is 16.9 Å². The lowest BCUT2D eigenvalue weighted by atomic mass is 10.1. The highest BCUT2D eigenvalue weighted by molar-refractivity contribution is 6.06. The maximum Gasteiger partial charge on any atom is 0.338 e. The first-order chi connectivity index (χ1) is 13.4. The molecule has 0 spiro atoms. The zero-order chi connectivity index (χ0) is 19.8. The summed E-state index contributed by atoms with van der Waals surface area (Å²) < 4.78 is 5.37. The Morgan fingerprint density at radius 3 is 2.61 bits per heavy atom. The third kappa shape index (κ3) is 3.26. The number of nitrogens with one attached hydrogen (secondary N) is 1. The van der Waals surface area contributed by atoms with Crippen LogP contribution in [0.25, 0.3) is 0 Å². The predicted octanol–water partition coefficient (Wildman–Crippen LogP) is 3.34. The molecule has 6 nitrogen and oxygen atoms in total. The Balaban J connectivity index is 1.49. The number of benzene rings is 2. The molecule has 2 aromatic rings. The van der Waals surface area contributed by atoms with Crippen molar-refractivity contribution in [3.8, 4) is 0 Å². The van der Waals surface area contributed by atoms with Gasteiger partial charge in [-0.1, -0.05) is 29.8 Å². The normalized spacial score (nSPS) is 18.7. The molecule has 0 aromatic heterocycles. The van der Waals surface area contributed by atoms with E-state index in [4.69, 9.17) is 4.74 Å². The minimum absolute atomic E-state index is 0.0431. The summed E-state index contributed by atoms with van der Waals surface area (Å²) in [5.74, 6) is -0.883. The summed E-state index contributed by atoms with van der Waals surface area (Å²) >= 11 is 0. The Labute approximate surface area is 163 Å². The molecule has 2 aliphatic rings. The quantitative estimate of drug-likeness (QED) is 0.652. The summed E-state index contributed by atoms with van der Waals surface area (Å²) in [4.78, 5) is 39.4. The van der Waals surface area contributed by atoms with E-state index in [2.05, 4.69) is 10.2 Å². The Morgan fingerprint density at radius 1 is 1.14 bits per heavy atom. The van der Waals surface area contributed by atoms with Gasteiger partial charge in [0.25, 0.3) is 0 Å². The van der Waals surface area contributed by atoms with Gasteiger partial charge in [-0.05, 0) is 44.9 Å². The van der Waals surface area contributed by atoms with Gasteiger partial charge in [0.1, 0.15) is 6.04 Å². The molecule has 0 unspecified atom stereocenters. The lowest BCUT2D eigenvalue weighted by Gasteiger charge is -2.33. The number of esters is 1. The summed E-state index contributed by atoms with van der Waals surface area (Å²) in [6.45, 7) is 4.34. The van der Waals surface area contributed by atoms with E-state index in [0.29, 0.717) is 16.8 Å². The van der Waals surface area contributed by atoms with E-state index in [0.717, 1.165) is 30.6 Å². The van der Waals surface area contributed by atoms with Gasteiger partial charge in [0, 0.05) is 12.1 Å². The number of hydrogen-bond donors (Lipinski definition) is 1. The molecule has 6 heteroatoms. The molecule has 0 radical (unpaired) electrons. The van der Waals surface area contributed by atoms with Crippen LogP contribution >= 0.6 is 0 Å². The van der Waals surface area contributed by atoms with E-state index in [1.54, 1.807) is 31.2 Å². The minimum atomic E-state index is -0.899. The van der Waals surface area contributed by atoms with Crippen molar-refractivity contribution < 1.29 is 19.1 Å². The first-order valence-electron chi connectivity index (χ1n) is 9.47. The largest absolute Gasteiger partial charge is 0.451 e. The number of Topliss-reactive ketones (excluding diaryl/α,β-unsaturated/α-hetero) is 1. The lowest BCUT2D eigenvalue weighted by Crippen LogP contribution is -2.43. The van der Waals surface area contributed by atoms with Crippen molar-refractivity contribution in [1.82, 2.24) is 0 Å². The lowest BCUT2D eigenvalue weighted by molar-refractivity contribution is -0.117. The number of ketones is 1. The van der Waals surface area contributed by atoms with E-state index >= 15 is 0 Å². The number of ether oxygens (including phenoxy) is 1. The Bertz CT molecular complexity index is 952. The molecule has 2 aromatic carbocycles. The highest BCUT2D eigenvalue weighted by Crippen LogP contribution is 2.37. The number of fused-ring (bicyclic) bond motifs is 3. The predicted molar refractivity (Wildman–Crippen MR) is 106 cm³/mol. The number of nitrogens with zero attached hydrogens (tertiary/aromatic N) is 1. The van der Waals surface area contributed by atoms with Gasteiger partial charge in [-0.15, -0.1) is 0 Å². The summed E-state index contributed by atoms with van der Waals surface area (Å²) in [5, 5.41) is 2.88. The summed E-state index contributed by atoms with van der Waals surface area (Å²) in [7, 11) is 0. The number of aryl methyl sites for hydroxylation is 1. The zero-order valence-corrected chi connectivity index (χ0v) is 15.9. The topological polar surface area (TPSA) is 75.7 Å². The van der Waals surface area contributed by atoms with Crippen LogP contribution in [-0.2, 0) is 9.53 Å². The Hall–Kier alpha value is -3.15. The molecule has 1 amide bonds. The minimum Gasteiger partial charge on any atom is -0.451 e. The van der Waals surface area contributed by atoms with Crippen LogP contribution in [-0.4, -0.2) is 36.4 Å². The highest BCUT2D eigenvalue weighted by Gasteiger charge is 2.36. The number of anilines is 2. The molecule has 28 heavy (non-hydrogen) atoms. The smallest absolute Gasteiger partial charge is 0.338 e. The molecule has 144 valence electrons.